The molecule has 4 heteroatoms. The first-order valence-electron chi connectivity index (χ1n) is 7.77. The summed E-state index contributed by atoms with van der Waals surface area (Å²) in [5, 5.41) is 4.61. The molecule has 0 atom stereocenters. The third kappa shape index (κ3) is 2.77. The van der Waals surface area contributed by atoms with E-state index >= 15 is 0 Å². The third-order valence-corrected chi connectivity index (χ3v) is 6.37. The Morgan fingerprint density at radius 3 is 1.88 bits per heavy atom. The highest BCUT2D eigenvalue weighted by atomic mass is 79.9. The van der Waals surface area contributed by atoms with E-state index in [0.29, 0.717) is 0 Å². The minimum Gasteiger partial charge on any atom is -0.495 e. The lowest BCUT2D eigenvalue weighted by molar-refractivity contribution is 0.414. The van der Waals surface area contributed by atoms with Gasteiger partial charge in [0.15, 0.2) is 0 Å². The molecule has 0 spiro atoms. The molecule has 4 rings (SSSR count). The van der Waals surface area contributed by atoms with Crippen LogP contribution in [0.2, 0.25) is 0 Å². The second-order valence-corrected chi connectivity index (χ2v) is 7.95. The van der Waals surface area contributed by atoms with E-state index in [1.165, 1.54) is 0 Å². The summed E-state index contributed by atoms with van der Waals surface area (Å²) in [5.41, 5.74) is 2.12. The van der Waals surface area contributed by atoms with Gasteiger partial charge in [-0.2, -0.15) is 0 Å². The summed E-state index contributed by atoms with van der Waals surface area (Å²) in [6.07, 6.45) is 0. The second-order valence-electron chi connectivity index (χ2n) is 5.79. The molecular weight excluding hydrogens is 460 g/mol. The molecule has 0 N–H and O–H groups in total. The van der Waals surface area contributed by atoms with Crippen LogP contribution in [0, 0.1) is 0 Å². The van der Waals surface area contributed by atoms with Gasteiger partial charge in [0.25, 0.3) is 0 Å². The van der Waals surface area contributed by atoms with E-state index in [-0.39, 0.29) is 0 Å². The van der Waals surface area contributed by atoms with E-state index in [1.807, 2.05) is 12.1 Å². The second kappa shape index (κ2) is 6.67. The summed E-state index contributed by atoms with van der Waals surface area (Å²) in [5.74, 6) is 0.817. The molecule has 0 fully saturated rings. The van der Waals surface area contributed by atoms with Gasteiger partial charge in [-0.05, 0) is 65.5 Å². The van der Waals surface area contributed by atoms with Crippen LogP contribution < -0.4 is 4.74 Å². The molecule has 0 aromatic heterocycles. The van der Waals surface area contributed by atoms with Crippen LogP contribution in [-0.4, -0.2) is 7.11 Å². The van der Waals surface area contributed by atoms with Gasteiger partial charge in [-0.1, -0.05) is 48.5 Å². The van der Waals surface area contributed by atoms with Crippen LogP contribution in [0.25, 0.3) is 32.7 Å². The molecule has 4 aromatic carbocycles. The lowest BCUT2D eigenvalue weighted by Crippen LogP contribution is -1.94. The van der Waals surface area contributed by atoms with Crippen molar-refractivity contribution in [3.8, 4) is 16.9 Å². The Morgan fingerprint density at radius 2 is 1.28 bits per heavy atom. The quantitative estimate of drug-likeness (QED) is 0.297. The van der Waals surface area contributed by atoms with Crippen molar-refractivity contribution < 1.29 is 4.74 Å². The number of hydrogen-bond acceptors (Lipinski definition) is 2. The Bertz CT molecular complexity index is 1120. The number of rotatable bonds is 2. The van der Waals surface area contributed by atoms with Gasteiger partial charge in [-0.25, -0.2) is 0 Å². The monoisotopic (exact) mass is 472 g/mol. The maximum atomic E-state index is 5.79. The summed E-state index contributed by atoms with van der Waals surface area (Å²) in [7, 11) is 1.71. The largest absolute Gasteiger partial charge is 0.495 e. The fourth-order valence-electron chi connectivity index (χ4n) is 3.30. The average Bonchev–Trinajstić information content (AvgIpc) is 2.62. The molecule has 4 aromatic rings. The summed E-state index contributed by atoms with van der Waals surface area (Å²) >= 11 is 12.2. The predicted octanol–water partition coefficient (Wildman–Crippen LogP) is 7.48. The van der Waals surface area contributed by atoms with Crippen molar-refractivity contribution in [3.63, 3.8) is 0 Å². The molecule has 0 aliphatic carbocycles. The van der Waals surface area contributed by atoms with Gasteiger partial charge < -0.3 is 4.74 Å². The number of thiol groups is 1. The molecule has 1 nitrogen and oxygen atoms in total. The number of methoxy groups -OCH3 is 1. The van der Waals surface area contributed by atoms with E-state index < -0.39 is 0 Å². The zero-order chi connectivity index (χ0) is 17.6. The summed E-state index contributed by atoms with van der Waals surface area (Å²) in [6.45, 7) is 0. The fraction of sp³-hybridized carbons (Fsp3) is 0.0476. The van der Waals surface area contributed by atoms with Crippen LogP contribution in [0.5, 0.6) is 5.75 Å². The Labute approximate surface area is 168 Å². The number of benzene rings is 4. The Balaban J connectivity index is 2.27. The fourth-order valence-corrected chi connectivity index (χ4v) is 4.65. The van der Waals surface area contributed by atoms with Crippen LogP contribution in [0.15, 0.2) is 74.5 Å². The predicted molar refractivity (Wildman–Crippen MR) is 116 cm³/mol. The van der Waals surface area contributed by atoms with Crippen LogP contribution in [0.1, 0.15) is 0 Å². The first-order valence-corrected chi connectivity index (χ1v) is 9.81. The normalized spacial score (nSPS) is 11.2. The number of hydrogen-bond donors (Lipinski definition) is 1. The van der Waals surface area contributed by atoms with Gasteiger partial charge in [0.05, 0.1) is 11.6 Å². The van der Waals surface area contributed by atoms with E-state index in [2.05, 4.69) is 80.4 Å². The SMILES string of the molecule is COc1c(Br)cc2ccccc2c1-c1c(S)c(Br)cc2ccccc12. The van der Waals surface area contributed by atoms with Crippen LogP contribution in [0.4, 0.5) is 0 Å². The van der Waals surface area contributed by atoms with Crippen molar-refractivity contribution in [1.29, 1.82) is 0 Å². The molecule has 25 heavy (non-hydrogen) atoms. The number of halogens is 2. The van der Waals surface area contributed by atoms with Crippen LogP contribution in [0.3, 0.4) is 0 Å². The average molecular weight is 474 g/mol. The standard InChI is InChI=1S/C21H14Br2OS/c1-24-20-16(22)10-12-6-2-4-8-14(12)18(20)19-15-9-5-3-7-13(15)11-17(23)21(19)25/h2-11,25H,1H3. The minimum atomic E-state index is 0.817. The highest BCUT2D eigenvalue weighted by molar-refractivity contribution is 9.10. The maximum Gasteiger partial charge on any atom is 0.141 e. The van der Waals surface area contributed by atoms with Gasteiger partial charge in [0.2, 0.25) is 0 Å². The van der Waals surface area contributed by atoms with Crippen molar-refractivity contribution in [2.45, 2.75) is 4.90 Å². The number of fused-ring (bicyclic) bond motifs is 2. The van der Waals surface area contributed by atoms with Gasteiger partial charge in [0.1, 0.15) is 5.75 Å². The Hall–Kier alpha value is -1.49. The van der Waals surface area contributed by atoms with E-state index in [0.717, 1.165) is 52.3 Å². The zero-order valence-corrected chi connectivity index (χ0v) is 17.5. The molecule has 0 unspecified atom stereocenters. The first-order chi connectivity index (χ1) is 12.1. The molecular formula is C21H14Br2OS. The van der Waals surface area contributed by atoms with Gasteiger partial charge >= 0.3 is 0 Å². The lowest BCUT2D eigenvalue weighted by Gasteiger charge is -2.18. The van der Waals surface area contributed by atoms with Crippen LogP contribution in [-0.2, 0) is 0 Å². The molecule has 0 radical (unpaired) electrons. The molecule has 0 saturated carbocycles. The molecule has 0 aliphatic heterocycles. The smallest absolute Gasteiger partial charge is 0.141 e. The van der Waals surface area contributed by atoms with E-state index in [4.69, 9.17) is 17.4 Å². The molecule has 0 saturated heterocycles. The van der Waals surface area contributed by atoms with Crippen molar-refractivity contribution in [2.75, 3.05) is 7.11 Å². The minimum absolute atomic E-state index is 0.817. The van der Waals surface area contributed by atoms with Crippen molar-refractivity contribution in [2.24, 2.45) is 0 Å². The van der Waals surface area contributed by atoms with Crippen molar-refractivity contribution in [1.82, 2.24) is 0 Å². The Kier molecular flexibility index (Phi) is 4.52. The zero-order valence-electron chi connectivity index (χ0n) is 13.4. The van der Waals surface area contributed by atoms with E-state index in [9.17, 15) is 0 Å². The van der Waals surface area contributed by atoms with Gasteiger partial charge in [0, 0.05) is 20.5 Å². The summed E-state index contributed by atoms with van der Waals surface area (Å²) in [6, 6.07) is 20.9. The third-order valence-electron chi connectivity index (χ3n) is 4.39. The lowest BCUT2D eigenvalue weighted by atomic mass is 9.93. The first kappa shape index (κ1) is 17.0. The summed E-state index contributed by atoms with van der Waals surface area (Å²) < 4.78 is 7.69. The van der Waals surface area contributed by atoms with Gasteiger partial charge in [-0.15, -0.1) is 12.6 Å². The van der Waals surface area contributed by atoms with Crippen molar-refractivity contribution in [3.05, 3.63) is 69.6 Å². The van der Waals surface area contributed by atoms with Crippen molar-refractivity contribution >= 4 is 66.0 Å². The van der Waals surface area contributed by atoms with E-state index in [1.54, 1.807) is 7.11 Å². The number of ether oxygens (including phenoxy) is 1. The molecule has 0 heterocycles. The highest BCUT2D eigenvalue weighted by Crippen LogP contribution is 2.48. The van der Waals surface area contributed by atoms with Crippen LogP contribution >= 0.6 is 44.5 Å². The molecule has 0 bridgehead atoms. The maximum absolute atomic E-state index is 5.79. The molecule has 0 aliphatic rings. The molecule has 124 valence electrons. The molecule has 0 amide bonds. The topological polar surface area (TPSA) is 9.23 Å². The van der Waals surface area contributed by atoms with Gasteiger partial charge in [-0.3, -0.25) is 0 Å². The summed E-state index contributed by atoms with van der Waals surface area (Å²) in [4.78, 5) is 0.903. The Morgan fingerprint density at radius 1 is 0.760 bits per heavy atom. The highest BCUT2D eigenvalue weighted by Gasteiger charge is 2.20.